The minimum absolute atomic E-state index is 0.0600. The molecule has 0 aliphatic rings. The molecule has 0 amide bonds. The highest BCUT2D eigenvalue weighted by molar-refractivity contribution is 5.25. The molecule has 102 valence electrons. The maximum Gasteiger partial charge on any atom is 0.0527 e. The molecule has 2 atom stereocenters. The molecule has 0 heterocycles. The molecular formula is C17H28O. The van der Waals surface area contributed by atoms with Gasteiger partial charge in [0, 0.05) is 5.41 Å². The predicted molar refractivity (Wildman–Crippen MR) is 78.7 cm³/mol. The van der Waals surface area contributed by atoms with Gasteiger partial charge in [0.15, 0.2) is 0 Å². The summed E-state index contributed by atoms with van der Waals surface area (Å²) in [7, 11) is 0. The van der Waals surface area contributed by atoms with Crippen molar-refractivity contribution in [3.63, 3.8) is 0 Å². The van der Waals surface area contributed by atoms with E-state index in [1.54, 1.807) is 0 Å². The summed E-state index contributed by atoms with van der Waals surface area (Å²) in [6.45, 7) is 9.28. The Hall–Kier alpha value is -0.820. The van der Waals surface area contributed by atoms with E-state index in [0.717, 1.165) is 18.8 Å². The van der Waals surface area contributed by atoms with Gasteiger partial charge in [-0.05, 0) is 36.7 Å². The average molecular weight is 248 g/mol. The second-order valence-electron chi connectivity index (χ2n) is 6.10. The molecule has 1 aromatic rings. The van der Waals surface area contributed by atoms with Gasteiger partial charge in [-0.3, -0.25) is 0 Å². The van der Waals surface area contributed by atoms with E-state index in [2.05, 4.69) is 52.0 Å². The lowest BCUT2D eigenvalue weighted by atomic mass is 9.71. The summed E-state index contributed by atoms with van der Waals surface area (Å²) in [6.07, 6.45) is 3.30. The van der Waals surface area contributed by atoms with Gasteiger partial charge in [-0.25, -0.2) is 0 Å². The van der Waals surface area contributed by atoms with Gasteiger partial charge in [0.2, 0.25) is 0 Å². The van der Waals surface area contributed by atoms with Gasteiger partial charge in [0.05, 0.1) is 6.61 Å². The van der Waals surface area contributed by atoms with Crippen LogP contribution in [0.1, 0.15) is 52.5 Å². The Morgan fingerprint density at radius 3 is 2.17 bits per heavy atom. The molecule has 0 saturated heterocycles. The van der Waals surface area contributed by atoms with Crippen LogP contribution in [0.5, 0.6) is 0 Å². The number of aliphatic hydroxyl groups is 1. The molecule has 1 nitrogen and oxygen atoms in total. The summed E-state index contributed by atoms with van der Waals surface area (Å²) in [5, 5.41) is 9.91. The van der Waals surface area contributed by atoms with Crippen molar-refractivity contribution < 1.29 is 5.11 Å². The van der Waals surface area contributed by atoms with Crippen LogP contribution in [0.4, 0.5) is 0 Å². The van der Waals surface area contributed by atoms with Crippen LogP contribution in [0.25, 0.3) is 0 Å². The minimum atomic E-state index is -0.0600. The first-order valence-corrected chi connectivity index (χ1v) is 7.20. The fraction of sp³-hybridized carbons (Fsp3) is 0.647. The van der Waals surface area contributed by atoms with Crippen LogP contribution in [0.15, 0.2) is 30.3 Å². The van der Waals surface area contributed by atoms with Gasteiger partial charge in [-0.15, -0.1) is 0 Å². The van der Waals surface area contributed by atoms with E-state index >= 15 is 0 Å². The smallest absolute Gasteiger partial charge is 0.0527 e. The lowest BCUT2D eigenvalue weighted by Crippen LogP contribution is -2.32. The number of benzene rings is 1. The Bertz CT molecular complexity index is 325. The van der Waals surface area contributed by atoms with Crippen molar-refractivity contribution >= 4 is 0 Å². The third-order valence-corrected chi connectivity index (χ3v) is 3.98. The molecular weight excluding hydrogens is 220 g/mol. The fourth-order valence-corrected chi connectivity index (χ4v) is 3.08. The van der Waals surface area contributed by atoms with E-state index in [1.807, 2.05) is 6.07 Å². The molecule has 18 heavy (non-hydrogen) atoms. The topological polar surface area (TPSA) is 20.2 Å². The van der Waals surface area contributed by atoms with Crippen LogP contribution in [-0.2, 0) is 5.41 Å². The summed E-state index contributed by atoms with van der Waals surface area (Å²) in [5.41, 5.74) is 1.22. The van der Waals surface area contributed by atoms with Crippen molar-refractivity contribution in [1.82, 2.24) is 0 Å². The number of hydrogen-bond acceptors (Lipinski definition) is 1. The summed E-state index contributed by atoms with van der Waals surface area (Å²) in [6, 6.07) is 10.5. The number of hydrogen-bond donors (Lipinski definition) is 1. The predicted octanol–water partition coefficient (Wildman–Crippen LogP) is 4.40. The van der Waals surface area contributed by atoms with Crippen molar-refractivity contribution in [2.24, 2.45) is 11.8 Å². The summed E-state index contributed by atoms with van der Waals surface area (Å²) in [5.74, 6) is 1.38. The van der Waals surface area contributed by atoms with E-state index in [-0.39, 0.29) is 12.0 Å². The van der Waals surface area contributed by atoms with Crippen LogP contribution < -0.4 is 0 Å². The van der Waals surface area contributed by atoms with E-state index in [1.165, 1.54) is 12.0 Å². The fourth-order valence-electron chi connectivity index (χ4n) is 3.08. The third-order valence-electron chi connectivity index (χ3n) is 3.98. The van der Waals surface area contributed by atoms with E-state index < -0.39 is 0 Å². The van der Waals surface area contributed by atoms with Crippen molar-refractivity contribution in [3.8, 4) is 0 Å². The molecule has 1 heteroatoms. The SMILES string of the molecule is CCC(CO)(CC(C)CC(C)C)c1ccccc1. The van der Waals surface area contributed by atoms with Gasteiger partial charge >= 0.3 is 0 Å². The molecule has 1 N–H and O–H groups in total. The van der Waals surface area contributed by atoms with Crippen LogP contribution in [0.2, 0.25) is 0 Å². The van der Waals surface area contributed by atoms with E-state index in [9.17, 15) is 5.11 Å². The monoisotopic (exact) mass is 248 g/mol. The van der Waals surface area contributed by atoms with Crippen molar-refractivity contribution in [3.05, 3.63) is 35.9 Å². The number of aliphatic hydroxyl groups excluding tert-OH is 1. The Balaban J connectivity index is 2.87. The third kappa shape index (κ3) is 3.84. The zero-order chi connectivity index (χ0) is 13.6. The highest BCUT2D eigenvalue weighted by Gasteiger charge is 2.31. The minimum Gasteiger partial charge on any atom is -0.395 e. The molecule has 0 aromatic heterocycles. The van der Waals surface area contributed by atoms with E-state index in [4.69, 9.17) is 0 Å². The maximum absolute atomic E-state index is 9.91. The molecule has 0 saturated carbocycles. The van der Waals surface area contributed by atoms with Crippen LogP contribution >= 0.6 is 0 Å². The molecule has 0 fully saturated rings. The Labute approximate surface area is 112 Å². The lowest BCUT2D eigenvalue weighted by Gasteiger charge is -2.34. The van der Waals surface area contributed by atoms with Gasteiger partial charge in [0.1, 0.15) is 0 Å². The largest absolute Gasteiger partial charge is 0.395 e. The summed E-state index contributed by atoms with van der Waals surface area (Å²) >= 11 is 0. The second kappa shape index (κ2) is 6.94. The summed E-state index contributed by atoms with van der Waals surface area (Å²) in [4.78, 5) is 0. The Morgan fingerprint density at radius 2 is 1.72 bits per heavy atom. The number of rotatable bonds is 7. The van der Waals surface area contributed by atoms with Gasteiger partial charge < -0.3 is 5.11 Å². The van der Waals surface area contributed by atoms with Crippen molar-refractivity contribution in [1.29, 1.82) is 0 Å². The first-order valence-electron chi connectivity index (χ1n) is 7.20. The maximum atomic E-state index is 9.91. The quantitative estimate of drug-likeness (QED) is 0.758. The van der Waals surface area contributed by atoms with Crippen LogP contribution in [-0.4, -0.2) is 11.7 Å². The van der Waals surface area contributed by atoms with Gasteiger partial charge in [-0.1, -0.05) is 58.0 Å². The lowest BCUT2D eigenvalue weighted by molar-refractivity contribution is 0.156. The molecule has 1 aromatic carbocycles. The van der Waals surface area contributed by atoms with Gasteiger partial charge in [0.25, 0.3) is 0 Å². The highest BCUT2D eigenvalue weighted by Crippen LogP contribution is 2.35. The van der Waals surface area contributed by atoms with Crippen LogP contribution in [0, 0.1) is 11.8 Å². The average Bonchev–Trinajstić information content (AvgIpc) is 2.36. The molecule has 2 unspecified atom stereocenters. The molecule has 0 bridgehead atoms. The second-order valence-corrected chi connectivity index (χ2v) is 6.10. The van der Waals surface area contributed by atoms with Crippen molar-refractivity contribution in [2.45, 2.75) is 52.4 Å². The van der Waals surface area contributed by atoms with Crippen molar-refractivity contribution in [2.75, 3.05) is 6.61 Å². The first-order chi connectivity index (χ1) is 8.54. The molecule has 0 aliphatic heterocycles. The standard InChI is InChI=1S/C17H28O/c1-5-17(13-18,12-15(4)11-14(2)3)16-9-7-6-8-10-16/h6-10,14-15,18H,5,11-13H2,1-4H3. The normalized spacial score (nSPS) is 16.6. The Morgan fingerprint density at radius 1 is 1.11 bits per heavy atom. The Kier molecular flexibility index (Phi) is 5.87. The molecule has 1 rings (SSSR count). The van der Waals surface area contributed by atoms with E-state index in [0.29, 0.717) is 5.92 Å². The molecule has 0 radical (unpaired) electrons. The van der Waals surface area contributed by atoms with Gasteiger partial charge in [-0.2, -0.15) is 0 Å². The molecule has 0 aliphatic carbocycles. The zero-order valence-corrected chi connectivity index (χ0v) is 12.3. The van der Waals surface area contributed by atoms with Crippen LogP contribution in [0.3, 0.4) is 0 Å². The summed E-state index contributed by atoms with van der Waals surface area (Å²) < 4.78 is 0. The first kappa shape index (κ1) is 15.2. The highest BCUT2D eigenvalue weighted by atomic mass is 16.3. The zero-order valence-electron chi connectivity index (χ0n) is 12.3. The molecule has 0 spiro atoms.